The number of hydrogen-bond donors (Lipinski definition) is 3. The Morgan fingerprint density at radius 3 is 2.89 bits per heavy atom. The number of aromatic amines is 1. The number of aromatic carboxylic acids is 1. The minimum absolute atomic E-state index is 0.168. The number of carboxylic acids is 1. The van der Waals surface area contributed by atoms with Crippen molar-refractivity contribution in [1.29, 1.82) is 0 Å². The molecular weight excluding hydrogens is 257 g/mol. The fourth-order valence-corrected chi connectivity index (χ4v) is 1.34. The molecule has 0 fully saturated rings. The summed E-state index contributed by atoms with van der Waals surface area (Å²) in [5, 5.41) is 8.93. The zero-order valence-corrected chi connectivity index (χ0v) is 9.38. The first-order valence-electron chi connectivity index (χ1n) is 5.03. The van der Waals surface area contributed by atoms with Crippen LogP contribution in [-0.4, -0.2) is 21.0 Å². The highest BCUT2D eigenvalue weighted by atomic mass is 19.1. The van der Waals surface area contributed by atoms with Gasteiger partial charge in [-0.15, -0.1) is 0 Å². The van der Waals surface area contributed by atoms with Gasteiger partial charge in [0.1, 0.15) is 17.1 Å². The van der Waals surface area contributed by atoms with Gasteiger partial charge in [0.15, 0.2) is 5.69 Å². The van der Waals surface area contributed by atoms with Gasteiger partial charge in [0, 0.05) is 0 Å². The monoisotopic (exact) mass is 265 g/mol. The average molecular weight is 265 g/mol. The molecule has 19 heavy (non-hydrogen) atoms. The van der Waals surface area contributed by atoms with Gasteiger partial charge < -0.3 is 20.6 Å². The van der Waals surface area contributed by atoms with Crippen molar-refractivity contribution >= 4 is 11.7 Å². The van der Waals surface area contributed by atoms with Crippen LogP contribution in [0.1, 0.15) is 10.4 Å². The fourth-order valence-electron chi connectivity index (χ4n) is 1.34. The number of hydrogen-bond acceptors (Lipinski definition) is 5. The summed E-state index contributed by atoms with van der Waals surface area (Å²) in [6.07, 6.45) is 1.05. The number of nitrogens with zero attached hydrogens (tertiary/aromatic N) is 1. The van der Waals surface area contributed by atoms with E-state index in [0.717, 1.165) is 24.5 Å². The molecule has 8 heteroatoms. The molecule has 98 valence electrons. The highest BCUT2D eigenvalue weighted by Gasteiger charge is 2.15. The maximum atomic E-state index is 13.0. The molecule has 0 unspecified atom stereocenters. The number of anilines is 1. The lowest BCUT2D eigenvalue weighted by molar-refractivity contribution is 0.0693. The summed E-state index contributed by atoms with van der Waals surface area (Å²) < 4.78 is 18.1. The first-order valence-corrected chi connectivity index (χ1v) is 5.03. The van der Waals surface area contributed by atoms with Crippen LogP contribution in [0.25, 0.3) is 0 Å². The van der Waals surface area contributed by atoms with Gasteiger partial charge in [0.2, 0.25) is 5.88 Å². The molecule has 0 aliphatic carbocycles. The number of aromatic nitrogens is 2. The Balaban J connectivity index is 2.46. The second kappa shape index (κ2) is 4.77. The number of rotatable bonds is 3. The van der Waals surface area contributed by atoms with Crippen LogP contribution in [0.3, 0.4) is 0 Å². The molecule has 1 aromatic carbocycles. The summed E-state index contributed by atoms with van der Waals surface area (Å²) in [5.74, 6) is -2.52. The van der Waals surface area contributed by atoms with E-state index < -0.39 is 22.9 Å². The molecule has 0 aliphatic rings. The van der Waals surface area contributed by atoms with Crippen LogP contribution in [0, 0.1) is 5.82 Å². The third kappa shape index (κ3) is 2.51. The number of H-pyrrole nitrogens is 1. The minimum Gasteiger partial charge on any atom is -0.478 e. The smallest absolute Gasteiger partial charge is 0.339 e. The number of ether oxygens (including phenoxy) is 1. The summed E-state index contributed by atoms with van der Waals surface area (Å²) in [4.78, 5) is 28.1. The third-order valence-electron chi connectivity index (χ3n) is 2.23. The van der Waals surface area contributed by atoms with Gasteiger partial charge in [-0.1, -0.05) is 0 Å². The van der Waals surface area contributed by atoms with Crippen LogP contribution in [0.4, 0.5) is 10.1 Å². The molecule has 0 radical (unpaired) electrons. The number of carbonyl (C=O) groups is 1. The Morgan fingerprint density at radius 2 is 2.21 bits per heavy atom. The predicted molar refractivity (Wildman–Crippen MR) is 62.7 cm³/mol. The van der Waals surface area contributed by atoms with Crippen LogP contribution in [0.5, 0.6) is 11.6 Å². The second-order valence-electron chi connectivity index (χ2n) is 3.50. The normalized spacial score (nSPS) is 10.2. The zero-order chi connectivity index (χ0) is 14.0. The number of halogens is 1. The van der Waals surface area contributed by atoms with E-state index in [9.17, 15) is 14.0 Å². The molecular formula is C11H8FN3O4. The Labute approximate surface area is 105 Å². The predicted octanol–water partition coefficient (Wildman–Crippen LogP) is 0.982. The van der Waals surface area contributed by atoms with Gasteiger partial charge in [-0.3, -0.25) is 4.79 Å². The van der Waals surface area contributed by atoms with Crippen molar-refractivity contribution in [2.75, 3.05) is 5.73 Å². The molecule has 0 spiro atoms. The lowest BCUT2D eigenvalue weighted by atomic mass is 10.2. The van der Waals surface area contributed by atoms with Crippen molar-refractivity contribution in [3.05, 3.63) is 46.3 Å². The topological polar surface area (TPSA) is 118 Å². The van der Waals surface area contributed by atoms with E-state index in [1.807, 2.05) is 0 Å². The highest BCUT2D eigenvalue weighted by molar-refractivity contribution is 5.91. The van der Waals surface area contributed by atoms with Crippen LogP contribution in [-0.2, 0) is 0 Å². The minimum atomic E-state index is -1.38. The molecule has 2 rings (SSSR count). The Morgan fingerprint density at radius 1 is 1.47 bits per heavy atom. The van der Waals surface area contributed by atoms with E-state index in [2.05, 4.69) is 9.97 Å². The number of nitrogens with two attached hydrogens (primary N) is 1. The summed E-state index contributed by atoms with van der Waals surface area (Å²) in [7, 11) is 0. The zero-order valence-electron chi connectivity index (χ0n) is 9.38. The SMILES string of the molecule is Nc1c(Oc2ccc(F)cc2C(=O)O)nc[nH]c1=O. The Kier molecular flexibility index (Phi) is 3.15. The van der Waals surface area contributed by atoms with E-state index in [0.29, 0.717) is 0 Å². The van der Waals surface area contributed by atoms with Gasteiger partial charge in [0.05, 0.1) is 6.33 Å². The summed E-state index contributed by atoms with van der Waals surface area (Å²) in [6, 6.07) is 2.92. The molecule has 0 saturated heterocycles. The summed E-state index contributed by atoms with van der Waals surface area (Å²) in [5.41, 5.74) is 4.11. The van der Waals surface area contributed by atoms with E-state index in [4.69, 9.17) is 15.6 Å². The number of nitrogens with one attached hydrogen (secondary N) is 1. The van der Waals surface area contributed by atoms with Crippen molar-refractivity contribution in [2.24, 2.45) is 0 Å². The quantitative estimate of drug-likeness (QED) is 0.761. The van der Waals surface area contributed by atoms with Gasteiger partial charge >= 0.3 is 5.97 Å². The maximum absolute atomic E-state index is 13.0. The maximum Gasteiger partial charge on any atom is 0.339 e. The van der Waals surface area contributed by atoms with Crippen molar-refractivity contribution in [1.82, 2.24) is 9.97 Å². The van der Waals surface area contributed by atoms with Crippen LogP contribution < -0.4 is 16.0 Å². The molecule has 1 aromatic heterocycles. The number of carboxylic acid groups (broad SMARTS) is 1. The van der Waals surface area contributed by atoms with Crippen LogP contribution in [0.15, 0.2) is 29.3 Å². The van der Waals surface area contributed by atoms with E-state index in [1.165, 1.54) is 0 Å². The Bertz CT molecular complexity index is 699. The molecule has 0 amide bonds. The lowest BCUT2D eigenvalue weighted by Crippen LogP contribution is -2.13. The van der Waals surface area contributed by atoms with Crippen molar-refractivity contribution in [2.45, 2.75) is 0 Å². The van der Waals surface area contributed by atoms with Gasteiger partial charge in [-0.25, -0.2) is 14.2 Å². The van der Waals surface area contributed by atoms with E-state index in [-0.39, 0.29) is 17.3 Å². The largest absolute Gasteiger partial charge is 0.478 e. The van der Waals surface area contributed by atoms with Crippen molar-refractivity contribution < 1.29 is 19.0 Å². The number of benzene rings is 1. The molecule has 0 bridgehead atoms. The van der Waals surface area contributed by atoms with E-state index >= 15 is 0 Å². The lowest BCUT2D eigenvalue weighted by Gasteiger charge is -2.08. The molecule has 0 saturated carbocycles. The molecule has 1 heterocycles. The summed E-state index contributed by atoms with van der Waals surface area (Å²) in [6.45, 7) is 0. The Hall–Kier alpha value is -2.90. The standard InChI is InChI=1S/C11H8FN3O4/c12-5-1-2-7(6(3-5)11(17)18)19-10-8(13)9(16)14-4-15-10/h1-4H,13H2,(H,17,18)(H,14,15,16). The van der Waals surface area contributed by atoms with Gasteiger partial charge in [0.25, 0.3) is 5.56 Å². The fraction of sp³-hybridized carbons (Fsp3) is 0. The van der Waals surface area contributed by atoms with E-state index in [1.54, 1.807) is 0 Å². The van der Waals surface area contributed by atoms with Crippen LogP contribution >= 0.6 is 0 Å². The molecule has 0 atom stereocenters. The molecule has 0 aliphatic heterocycles. The van der Waals surface area contributed by atoms with Crippen LogP contribution in [0.2, 0.25) is 0 Å². The van der Waals surface area contributed by atoms with Crippen molar-refractivity contribution in [3.63, 3.8) is 0 Å². The van der Waals surface area contributed by atoms with Gasteiger partial charge in [-0.2, -0.15) is 0 Å². The first-order chi connectivity index (χ1) is 8.99. The molecule has 7 nitrogen and oxygen atoms in total. The third-order valence-corrected chi connectivity index (χ3v) is 2.23. The highest BCUT2D eigenvalue weighted by Crippen LogP contribution is 2.26. The van der Waals surface area contributed by atoms with Crippen molar-refractivity contribution in [3.8, 4) is 11.6 Å². The average Bonchev–Trinajstić information content (AvgIpc) is 2.36. The van der Waals surface area contributed by atoms with Gasteiger partial charge in [-0.05, 0) is 18.2 Å². The second-order valence-corrected chi connectivity index (χ2v) is 3.50. The summed E-state index contributed by atoms with van der Waals surface area (Å²) >= 11 is 0. The number of nitrogen functional groups attached to an aromatic ring is 1. The molecule has 2 aromatic rings. The molecule has 4 N–H and O–H groups in total. The first kappa shape index (κ1) is 12.6.